The van der Waals surface area contributed by atoms with Crippen molar-refractivity contribution >= 4 is 17.3 Å². The number of hydrogen-bond donors (Lipinski definition) is 3. The van der Waals surface area contributed by atoms with Crippen molar-refractivity contribution in [2.24, 2.45) is 17.7 Å². The lowest BCUT2D eigenvalue weighted by Gasteiger charge is -2.26. The van der Waals surface area contributed by atoms with Gasteiger partial charge in [0.25, 0.3) is 0 Å². The van der Waals surface area contributed by atoms with Gasteiger partial charge >= 0.3 is 0 Å². The summed E-state index contributed by atoms with van der Waals surface area (Å²) in [6.07, 6.45) is 6.78. The van der Waals surface area contributed by atoms with E-state index in [-0.39, 0.29) is 0 Å². The molecule has 1 fully saturated rings. The summed E-state index contributed by atoms with van der Waals surface area (Å²) in [6, 6.07) is 0. The first-order valence-corrected chi connectivity index (χ1v) is 5.87. The van der Waals surface area contributed by atoms with Crippen LogP contribution in [0.15, 0.2) is 0 Å². The molecule has 2 unspecified atom stereocenters. The number of nitrogens with one attached hydrogen (secondary N) is 2. The molecule has 14 heavy (non-hydrogen) atoms. The van der Waals surface area contributed by atoms with Crippen LogP contribution >= 0.6 is 12.2 Å². The Bertz CT molecular complexity index is 184. The maximum Gasteiger partial charge on any atom is 0.180 e. The molecular weight excluding hydrogens is 194 g/mol. The second kappa shape index (κ2) is 6.19. The maximum atomic E-state index is 5.16. The average molecular weight is 215 g/mol. The van der Waals surface area contributed by atoms with Crippen LogP contribution in [0.2, 0.25) is 0 Å². The molecule has 0 radical (unpaired) electrons. The number of thiocarbonyl (C=S) groups is 1. The highest BCUT2D eigenvalue weighted by atomic mass is 32.1. The van der Waals surface area contributed by atoms with Gasteiger partial charge in [-0.1, -0.05) is 26.2 Å². The Balaban J connectivity index is 2.08. The molecule has 0 aromatic carbocycles. The molecule has 0 saturated heterocycles. The summed E-state index contributed by atoms with van der Waals surface area (Å²) >= 11 is 4.90. The molecule has 1 aliphatic rings. The van der Waals surface area contributed by atoms with Gasteiger partial charge in [0.1, 0.15) is 0 Å². The van der Waals surface area contributed by atoms with Gasteiger partial charge < -0.3 is 10.7 Å². The Hall–Kier alpha value is -0.350. The van der Waals surface area contributed by atoms with Gasteiger partial charge in [-0.15, -0.1) is 0 Å². The second-order valence-corrected chi connectivity index (χ2v) is 4.73. The van der Waals surface area contributed by atoms with Crippen molar-refractivity contribution in [2.45, 2.75) is 39.0 Å². The van der Waals surface area contributed by atoms with Crippen molar-refractivity contribution in [3.8, 4) is 0 Å². The first-order chi connectivity index (χ1) is 6.72. The standard InChI is InChI=1S/C10H21N3S/c1-8-3-2-4-9(7-8)5-6-12-10(14)13-11/h8-9H,2-7,11H2,1H3,(H2,12,13,14). The molecule has 1 saturated carbocycles. The summed E-state index contributed by atoms with van der Waals surface area (Å²) < 4.78 is 0. The molecule has 0 aromatic rings. The van der Waals surface area contributed by atoms with E-state index >= 15 is 0 Å². The van der Waals surface area contributed by atoms with Crippen LogP contribution < -0.4 is 16.6 Å². The predicted molar refractivity (Wildman–Crippen MR) is 63.7 cm³/mol. The van der Waals surface area contributed by atoms with Crippen LogP contribution in [0.25, 0.3) is 0 Å². The Morgan fingerprint density at radius 3 is 2.93 bits per heavy atom. The fraction of sp³-hybridized carbons (Fsp3) is 0.900. The zero-order chi connectivity index (χ0) is 10.4. The van der Waals surface area contributed by atoms with Crippen molar-refractivity contribution in [1.29, 1.82) is 0 Å². The fourth-order valence-corrected chi connectivity index (χ4v) is 2.36. The van der Waals surface area contributed by atoms with Crippen molar-refractivity contribution in [2.75, 3.05) is 6.54 Å². The van der Waals surface area contributed by atoms with Gasteiger partial charge in [-0.2, -0.15) is 0 Å². The third-order valence-corrected chi connectivity index (χ3v) is 3.28. The third-order valence-electron chi connectivity index (χ3n) is 3.01. The lowest BCUT2D eigenvalue weighted by atomic mass is 9.81. The first-order valence-electron chi connectivity index (χ1n) is 5.46. The van der Waals surface area contributed by atoms with E-state index in [4.69, 9.17) is 18.1 Å². The zero-order valence-electron chi connectivity index (χ0n) is 8.88. The van der Waals surface area contributed by atoms with Crippen molar-refractivity contribution in [3.63, 3.8) is 0 Å². The molecule has 1 rings (SSSR count). The van der Waals surface area contributed by atoms with Crippen LogP contribution in [-0.2, 0) is 0 Å². The molecule has 0 heterocycles. The largest absolute Gasteiger partial charge is 0.362 e. The van der Waals surface area contributed by atoms with Crippen molar-refractivity contribution in [3.05, 3.63) is 0 Å². The lowest BCUT2D eigenvalue weighted by Crippen LogP contribution is -2.40. The molecular formula is C10H21N3S. The highest BCUT2D eigenvalue weighted by Gasteiger charge is 2.18. The zero-order valence-corrected chi connectivity index (χ0v) is 9.70. The molecule has 3 nitrogen and oxygen atoms in total. The summed E-state index contributed by atoms with van der Waals surface area (Å²) in [5.74, 6) is 6.95. The number of hydrazine groups is 1. The Morgan fingerprint density at radius 2 is 2.29 bits per heavy atom. The maximum absolute atomic E-state index is 5.16. The van der Waals surface area contributed by atoms with Gasteiger partial charge in [0.15, 0.2) is 5.11 Å². The van der Waals surface area contributed by atoms with E-state index in [0.717, 1.165) is 18.4 Å². The topological polar surface area (TPSA) is 50.1 Å². The van der Waals surface area contributed by atoms with E-state index in [1.54, 1.807) is 0 Å². The van der Waals surface area contributed by atoms with Gasteiger partial charge in [-0.05, 0) is 36.9 Å². The Kier molecular flexibility index (Phi) is 5.19. The summed E-state index contributed by atoms with van der Waals surface area (Å²) in [5, 5.41) is 3.64. The van der Waals surface area contributed by atoms with E-state index in [1.165, 1.54) is 32.1 Å². The molecule has 0 spiro atoms. The van der Waals surface area contributed by atoms with Crippen molar-refractivity contribution in [1.82, 2.24) is 10.7 Å². The Labute approximate surface area is 91.8 Å². The highest BCUT2D eigenvalue weighted by Crippen LogP contribution is 2.30. The summed E-state index contributed by atoms with van der Waals surface area (Å²) in [6.45, 7) is 3.30. The predicted octanol–water partition coefficient (Wildman–Crippen LogP) is 1.54. The molecule has 0 aliphatic heterocycles. The second-order valence-electron chi connectivity index (χ2n) is 4.33. The van der Waals surface area contributed by atoms with Gasteiger partial charge in [0, 0.05) is 6.54 Å². The van der Waals surface area contributed by atoms with Gasteiger partial charge in [-0.3, -0.25) is 0 Å². The van der Waals surface area contributed by atoms with Crippen LogP contribution in [0.5, 0.6) is 0 Å². The van der Waals surface area contributed by atoms with Crippen LogP contribution in [-0.4, -0.2) is 11.7 Å². The smallest absolute Gasteiger partial charge is 0.180 e. The molecule has 0 aromatic heterocycles. The summed E-state index contributed by atoms with van der Waals surface area (Å²) in [7, 11) is 0. The quantitative estimate of drug-likeness (QED) is 0.380. The van der Waals surface area contributed by atoms with Crippen LogP contribution in [0, 0.1) is 11.8 Å². The van der Waals surface area contributed by atoms with E-state index in [9.17, 15) is 0 Å². The minimum atomic E-state index is 0.550. The van der Waals surface area contributed by atoms with Gasteiger partial charge in [-0.25, -0.2) is 5.84 Å². The molecule has 1 aliphatic carbocycles. The van der Waals surface area contributed by atoms with Crippen LogP contribution in [0.1, 0.15) is 39.0 Å². The van der Waals surface area contributed by atoms with Gasteiger partial charge in [0.2, 0.25) is 0 Å². The first kappa shape index (κ1) is 11.7. The fourth-order valence-electron chi connectivity index (χ4n) is 2.26. The summed E-state index contributed by atoms with van der Waals surface area (Å²) in [4.78, 5) is 0. The van der Waals surface area contributed by atoms with E-state index in [2.05, 4.69) is 17.7 Å². The van der Waals surface area contributed by atoms with Crippen LogP contribution in [0.4, 0.5) is 0 Å². The Morgan fingerprint density at radius 1 is 1.50 bits per heavy atom. The number of rotatable bonds is 3. The molecule has 2 atom stereocenters. The third kappa shape index (κ3) is 4.24. The molecule has 4 heteroatoms. The minimum Gasteiger partial charge on any atom is -0.362 e. The summed E-state index contributed by atoms with van der Waals surface area (Å²) in [5.41, 5.74) is 2.43. The monoisotopic (exact) mass is 215 g/mol. The molecule has 0 amide bonds. The molecule has 0 bridgehead atoms. The molecule has 82 valence electrons. The van der Waals surface area contributed by atoms with E-state index in [0.29, 0.717) is 5.11 Å². The SMILES string of the molecule is CC1CCCC(CCNC(=S)NN)C1. The minimum absolute atomic E-state index is 0.550. The van der Waals surface area contributed by atoms with Gasteiger partial charge in [0.05, 0.1) is 0 Å². The normalized spacial score (nSPS) is 27.0. The van der Waals surface area contributed by atoms with E-state index in [1.807, 2.05) is 0 Å². The number of hydrogen-bond acceptors (Lipinski definition) is 2. The van der Waals surface area contributed by atoms with Crippen LogP contribution in [0.3, 0.4) is 0 Å². The average Bonchev–Trinajstić information content (AvgIpc) is 2.17. The molecule has 4 N–H and O–H groups in total. The van der Waals surface area contributed by atoms with E-state index < -0.39 is 0 Å². The van der Waals surface area contributed by atoms with Crippen molar-refractivity contribution < 1.29 is 0 Å². The lowest BCUT2D eigenvalue weighted by molar-refractivity contribution is 0.270. The highest BCUT2D eigenvalue weighted by molar-refractivity contribution is 7.80. The number of nitrogens with two attached hydrogens (primary N) is 1.